The number of benzene rings is 1. The summed E-state index contributed by atoms with van der Waals surface area (Å²) in [5, 5.41) is 3.40. The van der Waals surface area contributed by atoms with Gasteiger partial charge in [-0.05, 0) is 56.7 Å². The van der Waals surface area contributed by atoms with E-state index in [1.165, 1.54) is 49.8 Å². The molecule has 1 aliphatic carbocycles. The van der Waals surface area contributed by atoms with Crippen molar-refractivity contribution in [3.63, 3.8) is 0 Å². The largest absolute Gasteiger partial charge is 0.319 e. The zero-order valence-corrected chi connectivity index (χ0v) is 11.5. The fraction of sp³-hybridized carbons (Fsp3) is 0.625. The first-order chi connectivity index (χ1) is 8.15. The third-order valence-corrected chi connectivity index (χ3v) is 4.29. The van der Waals surface area contributed by atoms with Gasteiger partial charge in [0.05, 0.1) is 0 Å². The second-order valence-corrected chi connectivity index (χ2v) is 5.84. The van der Waals surface area contributed by atoms with E-state index in [-0.39, 0.29) is 0 Å². The molecule has 1 aliphatic rings. The van der Waals surface area contributed by atoms with Crippen LogP contribution in [0.4, 0.5) is 0 Å². The van der Waals surface area contributed by atoms with E-state index in [9.17, 15) is 0 Å². The van der Waals surface area contributed by atoms with Crippen LogP contribution in [-0.4, -0.2) is 13.6 Å². The Morgan fingerprint density at radius 1 is 1.18 bits per heavy atom. The topological polar surface area (TPSA) is 12.0 Å². The van der Waals surface area contributed by atoms with Crippen molar-refractivity contribution in [1.29, 1.82) is 0 Å². The summed E-state index contributed by atoms with van der Waals surface area (Å²) >= 11 is 0. The molecular formula is C16H25N. The van der Waals surface area contributed by atoms with Crippen LogP contribution in [0.5, 0.6) is 0 Å². The molecule has 1 heteroatoms. The molecule has 1 aromatic carbocycles. The molecule has 0 amide bonds. The van der Waals surface area contributed by atoms with Crippen molar-refractivity contribution in [2.24, 2.45) is 5.41 Å². The van der Waals surface area contributed by atoms with E-state index in [0.717, 1.165) is 0 Å². The molecule has 0 aliphatic heterocycles. The van der Waals surface area contributed by atoms with E-state index in [2.05, 4.69) is 44.4 Å². The Kier molecular flexibility index (Phi) is 3.88. The van der Waals surface area contributed by atoms with Crippen LogP contribution in [0.25, 0.3) is 0 Å². The predicted molar refractivity (Wildman–Crippen MR) is 74.4 cm³/mol. The number of aryl methyl sites for hydroxylation is 2. The van der Waals surface area contributed by atoms with E-state index < -0.39 is 0 Å². The summed E-state index contributed by atoms with van der Waals surface area (Å²) in [7, 11) is 2.09. The third-order valence-electron chi connectivity index (χ3n) is 4.29. The lowest BCUT2D eigenvalue weighted by Crippen LogP contribution is -2.32. The van der Waals surface area contributed by atoms with Gasteiger partial charge in [0.2, 0.25) is 0 Å². The lowest BCUT2D eigenvalue weighted by Gasteiger charge is -2.29. The van der Waals surface area contributed by atoms with E-state index >= 15 is 0 Å². The lowest BCUT2D eigenvalue weighted by molar-refractivity contribution is 0.285. The normalized spacial score (nSPS) is 18.5. The number of hydrogen-bond acceptors (Lipinski definition) is 1. The molecule has 1 N–H and O–H groups in total. The van der Waals surface area contributed by atoms with Crippen LogP contribution in [-0.2, 0) is 6.42 Å². The van der Waals surface area contributed by atoms with Crippen molar-refractivity contribution in [3.05, 3.63) is 34.9 Å². The van der Waals surface area contributed by atoms with Crippen molar-refractivity contribution < 1.29 is 0 Å². The second kappa shape index (κ2) is 5.22. The third kappa shape index (κ3) is 2.90. The number of rotatable bonds is 4. The minimum absolute atomic E-state index is 0.521. The Morgan fingerprint density at radius 2 is 1.88 bits per heavy atom. The zero-order valence-electron chi connectivity index (χ0n) is 11.5. The van der Waals surface area contributed by atoms with Gasteiger partial charge in [0, 0.05) is 6.54 Å². The standard InChI is InChI=1S/C16H25N/c1-13-6-7-14(2)15(10-13)11-16(12-17-3)8-4-5-9-16/h6-7,10,17H,4-5,8-9,11-12H2,1-3H3. The van der Waals surface area contributed by atoms with Crippen molar-refractivity contribution in [3.8, 4) is 0 Å². The first-order valence-corrected chi connectivity index (χ1v) is 6.86. The quantitative estimate of drug-likeness (QED) is 0.834. The Balaban J connectivity index is 2.19. The predicted octanol–water partition coefficient (Wildman–Crippen LogP) is 3.63. The summed E-state index contributed by atoms with van der Waals surface area (Å²) in [5.74, 6) is 0. The van der Waals surface area contributed by atoms with Crippen molar-refractivity contribution in [2.75, 3.05) is 13.6 Å². The first-order valence-electron chi connectivity index (χ1n) is 6.86. The van der Waals surface area contributed by atoms with Gasteiger partial charge in [-0.15, -0.1) is 0 Å². The fourth-order valence-electron chi connectivity index (χ4n) is 3.31. The molecule has 0 unspecified atom stereocenters. The molecule has 1 nitrogen and oxygen atoms in total. The van der Waals surface area contributed by atoms with Crippen LogP contribution in [0.15, 0.2) is 18.2 Å². The van der Waals surface area contributed by atoms with Crippen LogP contribution < -0.4 is 5.32 Å². The minimum atomic E-state index is 0.521. The highest BCUT2D eigenvalue weighted by Crippen LogP contribution is 2.41. The Morgan fingerprint density at radius 3 is 2.53 bits per heavy atom. The molecule has 0 aromatic heterocycles. The van der Waals surface area contributed by atoms with Gasteiger partial charge in [-0.2, -0.15) is 0 Å². The minimum Gasteiger partial charge on any atom is -0.319 e. The molecular weight excluding hydrogens is 206 g/mol. The molecule has 1 aromatic rings. The highest BCUT2D eigenvalue weighted by molar-refractivity contribution is 5.31. The second-order valence-electron chi connectivity index (χ2n) is 5.84. The Bertz CT molecular complexity index is 375. The van der Waals surface area contributed by atoms with E-state index in [1.807, 2.05) is 0 Å². The van der Waals surface area contributed by atoms with Gasteiger partial charge in [-0.3, -0.25) is 0 Å². The van der Waals surface area contributed by atoms with Crippen LogP contribution in [0.2, 0.25) is 0 Å². The molecule has 0 saturated heterocycles. The van der Waals surface area contributed by atoms with Gasteiger partial charge in [0.25, 0.3) is 0 Å². The summed E-state index contributed by atoms with van der Waals surface area (Å²) < 4.78 is 0. The van der Waals surface area contributed by atoms with E-state index in [4.69, 9.17) is 0 Å². The molecule has 2 rings (SSSR count). The molecule has 1 fully saturated rings. The highest BCUT2D eigenvalue weighted by Gasteiger charge is 2.33. The summed E-state index contributed by atoms with van der Waals surface area (Å²) in [6.45, 7) is 5.61. The van der Waals surface area contributed by atoms with Crippen LogP contribution >= 0.6 is 0 Å². The van der Waals surface area contributed by atoms with Crippen molar-refractivity contribution >= 4 is 0 Å². The van der Waals surface area contributed by atoms with Gasteiger partial charge in [-0.1, -0.05) is 36.6 Å². The fourth-order valence-corrected chi connectivity index (χ4v) is 3.31. The molecule has 0 bridgehead atoms. The average Bonchev–Trinajstić information content (AvgIpc) is 2.73. The summed E-state index contributed by atoms with van der Waals surface area (Å²) in [5.41, 5.74) is 4.93. The maximum atomic E-state index is 3.40. The van der Waals surface area contributed by atoms with E-state index in [1.54, 1.807) is 5.56 Å². The van der Waals surface area contributed by atoms with Gasteiger partial charge in [-0.25, -0.2) is 0 Å². The van der Waals surface area contributed by atoms with Gasteiger partial charge < -0.3 is 5.32 Å². The average molecular weight is 231 g/mol. The molecule has 94 valence electrons. The summed E-state index contributed by atoms with van der Waals surface area (Å²) in [4.78, 5) is 0. The van der Waals surface area contributed by atoms with E-state index in [0.29, 0.717) is 5.41 Å². The molecule has 0 atom stereocenters. The molecule has 0 radical (unpaired) electrons. The molecule has 0 spiro atoms. The smallest absolute Gasteiger partial charge is 0.000799 e. The van der Waals surface area contributed by atoms with Crippen LogP contribution in [0.3, 0.4) is 0 Å². The van der Waals surface area contributed by atoms with Gasteiger partial charge in [0.15, 0.2) is 0 Å². The van der Waals surface area contributed by atoms with Crippen molar-refractivity contribution in [2.45, 2.75) is 46.0 Å². The monoisotopic (exact) mass is 231 g/mol. The molecule has 17 heavy (non-hydrogen) atoms. The summed E-state index contributed by atoms with van der Waals surface area (Å²) in [6.07, 6.45) is 6.85. The van der Waals surface area contributed by atoms with Crippen molar-refractivity contribution in [1.82, 2.24) is 5.32 Å². The Labute approximate surface area is 106 Å². The lowest BCUT2D eigenvalue weighted by atomic mass is 9.78. The van der Waals surface area contributed by atoms with Gasteiger partial charge in [0.1, 0.15) is 0 Å². The summed E-state index contributed by atoms with van der Waals surface area (Å²) in [6, 6.07) is 6.87. The van der Waals surface area contributed by atoms with Gasteiger partial charge >= 0.3 is 0 Å². The highest BCUT2D eigenvalue weighted by atomic mass is 14.8. The Hall–Kier alpha value is -0.820. The SMILES string of the molecule is CNCC1(Cc2cc(C)ccc2C)CCCC1. The maximum absolute atomic E-state index is 3.40. The zero-order chi connectivity index (χ0) is 12.3. The first kappa shape index (κ1) is 12.6. The van der Waals surface area contributed by atoms with Crippen LogP contribution in [0.1, 0.15) is 42.4 Å². The maximum Gasteiger partial charge on any atom is 0.000799 e. The number of nitrogens with one attached hydrogen (secondary N) is 1. The molecule has 1 saturated carbocycles. The van der Waals surface area contributed by atoms with Crippen LogP contribution in [0, 0.1) is 19.3 Å². The molecule has 0 heterocycles. The number of hydrogen-bond donors (Lipinski definition) is 1.